The SMILES string of the molecule is COc1cccc(CC2(C(=O)NC3CCC3)CN(C(=O)CO)C2)c1. The summed E-state index contributed by atoms with van der Waals surface area (Å²) in [5.41, 5.74) is 0.390. The second-order valence-electron chi connectivity index (χ2n) is 6.82. The van der Waals surface area contributed by atoms with E-state index in [9.17, 15) is 9.59 Å². The van der Waals surface area contributed by atoms with Crippen molar-refractivity contribution in [1.82, 2.24) is 10.2 Å². The molecule has 0 bridgehead atoms. The van der Waals surface area contributed by atoms with Crippen LogP contribution >= 0.6 is 0 Å². The minimum atomic E-state index is -0.618. The Labute approximate surface area is 141 Å². The summed E-state index contributed by atoms with van der Waals surface area (Å²) < 4.78 is 5.25. The Kier molecular flexibility index (Phi) is 4.76. The topological polar surface area (TPSA) is 78.9 Å². The highest BCUT2D eigenvalue weighted by atomic mass is 16.5. The molecule has 1 saturated carbocycles. The number of benzene rings is 1. The first kappa shape index (κ1) is 16.8. The molecule has 1 aromatic carbocycles. The molecule has 3 rings (SSSR count). The fraction of sp³-hybridized carbons (Fsp3) is 0.556. The monoisotopic (exact) mass is 332 g/mol. The van der Waals surface area contributed by atoms with Crippen LogP contribution in [0.4, 0.5) is 0 Å². The van der Waals surface area contributed by atoms with E-state index in [1.807, 2.05) is 24.3 Å². The molecule has 2 N–H and O–H groups in total. The molecule has 0 atom stereocenters. The van der Waals surface area contributed by atoms with Gasteiger partial charge in [0.1, 0.15) is 12.4 Å². The molecule has 130 valence electrons. The van der Waals surface area contributed by atoms with Gasteiger partial charge >= 0.3 is 0 Å². The van der Waals surface area contributed by atoms with Crippen molar-refractivity contribution in [2.24, 2.45) is 5.41 Å². The number of carbonyl (C=O) groups is 2. The van der Waals surface area contributed by atoms with E-state index >= 15 is 0 Å². The molecular weight excluding hydrogens is 308 g/mol. The molecule has 24 heavy (non-hydrogen) atoms. The summed E-state index contributed by atoms with van der Waals surface area (Å²) in [6, 6.07) is 7.93. The summed E-state index contributed by atoms with van der Waals surface area (Å²) in [5.74, 6) is 0.439. The highest BCUT2D eigenvalue weighted by molar-refractivity contribution is 5.88. The lowest BCUT2D eigenvalue weighted by atomic mass is 9.73. The predicted molar refractivity (Wildman–Crippen MR) is 88.6 cm³/mol. The van der Waals surface area contributed by atoms with E-state index in [0.29, 0.717) is 19.5 Å². The van der Waals surface area contributed by atoms with Crippen LogP contribution in [-0.4, -0.2) is 54.7 Å². The van der Waals surface area contributed by atoms with Crippen LogP contribution in [0.15, 0.2) is 24.3 Å². The lowest BCUT2D eigenvalue weighted by Gasteiger charge is -2.49. The Morgan fingerprint density at radius 3 is 2.71 bits per heavy atom. The zero-order chi connectivity index (χ0) is 17.2. The van der Waals surface area contributed by atoms with Crippen molar-refractivity contribution in [3.8, 4) is 5.75 Å². The van der Waals surface area contributed by atoms with Gasteiger partial charge < -0.3 is 20.1 Å². The lowest BCUT2D eigenvalue weighted by Crippen LogP contribution is -2.67. The maximum Gasteiger partial charge on any atom is 0.248 e. The summed E-state index contributed by atoms with van der Waals surface area (Å²) in [6.07, 6.45) is 3.77. The van der Waals surface area contributed by atoms with Crippen molar-refractivity contribution in [3.05, 3.63) is 29.8 Å². The molecule has 0 radical (unpaired) electrons. The van der Waals surface area contributed by atoms with E-state index in [1.165, 1.54) is 0 Å². The molecule has 6 nitrogen and oxygen atoms in total. The zero-order valence-electron chi connectivity index (χ0n) is 14.0. The standard InChI is InChI=1S/C18H24N2O4/c1-24-15-7-2-4-13(8-15)9-18(11-20(12-18)16(22)10-21)17(23)19-14-5-3-6-14/h2,4,7-8,14,21H,3,5-6,9-12H2,1H3,(H,19,23). The summed E-state index contributed by atoms with van der Waals surface area (Å²) in [6.45, 7) is 0.184. The Morgan fingerprint density at radius 1 is 1.38 bits per heavy atom. The first-order valence-electron chi connectivity index (χ1n) is 8.39. The quantitative estimate of drug-likeness (QED) is 0.805. The molecule has 0 spiro atoms. The number of methoxy groups -OCH3 is 1. The van der Waals surface area contributed by atoms with Crippen molar-refractivity contribution in [3.63, 3.8) is 0 Å². The van der Waals surface area contributed by atoms with E-state index in [2.05, 4.69) is 5.32 Å². The molecule has 1 aliphatic carbocycles. The maximum atomic E-state index is 12.8. The molecule has 0 unspecified atom stereocenters. The Bertz CT molecular complexity index is 621. The third kappa shape index (κ3) is 3.24. The molecule has 1 saturated heterocycles. The third-order valence-corrected chi connectivity index (χ3v) is 5.07. The van der Waals surface area contributed by atoms with Crippen molar-refractivity contribution >= 4 is 11.8 Å². The first-order chi connectivity index (χ1) is 11.6. The van der Waals surface area contributed by atoms with E-state index in [4.69, 9.17) is 9.84 Å². The second kappa shape index (κ2) is 6.81. The van der Waals surface area contributed by atoms with Gasteiger partial charge in [-0.2, -0.15) is 0 Å². The second-order valence-corrected chi connectivity index (χ2v) is 6.82. The largest absolute Gasteiger partial charge is 0.497 e. The molecule has 1 aliphatic heterocycles. The van der Waals surface area contributed by atoms with Crippen LogP contribution in [0.1, 0.15) is 24.8 Å². The fourth-order valence-electron chi connectivity index (χ4n) is 3.36. The zero-order valence-corrected chi connectivity index (χ0v) is 14.0. The van der Waals surface area contributed by atoms with Gasteiger partial charge in [-0.05, 0) is 43.4 Å². The Balaban J connectivity index is 1.74. The number of likely N-dealkylation sites (tertiary alicyclic amines) is 1. The van der Waals surface area contributed by atoms with Crippen LogP contribution in [0.2, 0.25) is 0 Å². The molecule has 0 aromatic heterocycles. The van der Waals surface area contributed by atoms with E-state index in [1.54, 1.807) is 12.0 Å². The average molecular weight is 332 g/mol. The lowest BCUT2D eigenvalue weighted by molar-refractivity contribution is -0.156. The van der Waals surface area contributed by atoms with E-state index < -0.39 is 12.0 Å². The maximum absolute atomic E-state index is 12.8. The van der Waals surface area contributed by atoms with E-state index in [-0.39, 0.29) is 17.9 Å². The number of hydrogen-bond acceptors (Lipinski definition) is 4. The van der Waals surface area contributed by atoms with Gasteiger partial charge in [-0.25, -0.2) is 0 Å². The van der Waals surface area contributed by atoms with Gasteiger partial charge in [-0.15, -0.1) is 0 Å². The van der Waals surface area contributed by atoms with Crippen LogP contribution in [-0.2, 0) is 16.0 Å². The highest BCUT2D eigenvalue weighted by Crippen LogP contribution is 2.36. The van der Waals surface area contributed by atoms with Gasteiger partial charge in [0.2, 0.25) is 11.8 Å². The molecule has 2 fully saturated rings. The van der Waals surface area contributed by atoms with Crippen LogP contribution in [0.3, 0.4) is 0 Å². The number of hydrogen-bond donors (Lipinski definition) is 2. The molecule has 1 aromatic rings. The van der Waals surface area contributed by atoms with Gasteiger partial charge in [-0.3, -0.25) is 9.59 Å². The van der Waals surface area contributed by atoms with Crippen LogP contribution in [0, 0.1) is 5.41 Å². The summed E-state index contributed by atoms with van der Waals surface area (Å²) >= 11 is 0. The fourth-order valence-corrected chi connectivity index (χ4v) is 3.36. The van der Waals surface area contributed by atoms with Crippen LogP contribution in [0.25, 0.3) is 0 Å². The average Bonchev–Trinajstić information content (AvgIpc) is 2.53. The highest BCUT2D eigenvalue weighted by Gasteiger charge is 2.51. The molecule has 2 amide bonds. The smallest absolute Gasteiger partial charge is 0.248 e. The number of rotatable bonds is 6. The van der Waals surface area contributed by atoms with E-state index in [0.717, 1.165) is 30.6 Å². The Hall–Kier alpha value is -2.08. The summed E-state index contributed by atoms with van der Waals surface area (Å²) in [4.78, 5) is 26.0. The predicted octanol–water partition coefficient (Wildman–Crippen LogP) is 0.727. The minimum absolute atomic E-state index is 0.0111. The van der Waals surface area contributed by atoms with Gasteiger partial charge in [-0.1, -0.05) is 12.1 Å². The minimum Gasteiger partial charge on any atom is -0.497 e. The van der Waals surface area contributed by atoms with Crippen molar-refractivity contribution in [2.45, 2.75) is 31.7 Å². The summed E-state index contributed by atoms with van der Waals surface area (Å²) in [5, 5.41) is 12.1. The molecule has 2 aliphatic rings. The first-order valence-corrected chi connectivity index (χ1v) is 8.39. The van der Waals surface area contributed by atoms with Crippen LogP contribution < -0.4 is 10.1 Å². The number of amides is 2. The number of carbonyl (C=O) groups excluding carboxylic acids is 2. The number of nitrogens with zero attached hydrogens (tertiary/aromatic N) is 1. The normalized spacial score (nSPS) is 19.2. The number of ether oxygens (including phenoxy) is 1. The molecule has 6 heteroatoms. The Morgan fingerprint density at radius 2 is 2.12 bits per heavy atom. The molecular formula is C18H24N2O4. The van der Waals surface area contributed by atoms with Gasteiger partial charge in [0, 0.05) is 19.1 Å². The van der Waals surface area contributed by atoms with Gasteiger partial charge in [0.05, 0.1) is 12.5 Å². The molecule has 1 heterocycles. The number of aliphatic hydroxyl groups excluding tert-OH is 1. The van der Waals surface area contributed by atoms with Crippen molar-refractivity contribution in [1.29, 1.82) is 0 Å². The van der Waals surface area contributed by atoms with Crippen molar-refractivity contribution in [2.75, 3.05) is 26.8 Å². The van der Waals surface area contributed by atoms with Gasteiger partial charge in [0.15, 0.2) is 0 Å². The number of aliphatic hydroxyl groups is 1. The van der Waals surface area contributed by atoms with Gasteiger partial charge in [0.25, 0.3) is 0 Å². The third-order valence-electron chi connectivity index (χ3n) is 5.07. The number of nitrogens with one attached hydrogen (secondary N) is 1. The van der Waals surface area contributed by atoms with Crippen molar-refractivity contribution < 1.29 is 19.4 Å². The van der Waals surface area contributed by atoms with Crippen LogP contribution in [0.5, 0.6) is 5.75 Å². The summed E-state index contributed by atoms with van der Waals surface area (Å²) in [7, 11) is 1.61.